The Bertz CT molecular complexity index is 458. The Hall–Kier alpha value is -0.990. The number of benzene rings is 1. The first-order chi connectivity index (χ1) is 10.4. The third kappa shape index (κ3) is 4.76. The molecule has 0 unspecified atom stereocenters. The van der Waals surface area contributed by atoms with E-state index in [4.69, 9.17) is 4.74 Å². The van der Waals surface area contributed by atoms with Gasteiger partial charge in [0.05, 0.1) is 13.1 Å². The van der Waals surface area contributed by atoms with Crippen LogP contribution in [-0.4, -0.2) is 26.2 Å². The highest BCUT2D eigenvalue weighted by Gasteiger charge is 2.17. The van der Waals surface area contributed by atoms with Gasteiger partial charge in [0.1, 0.15) is 18.9 Å². The lowest BCUT2D eigenvalue weighted by Crippen LogP contribution is -3.10. The van der Waals surface area contributed by atoms with Crippen LogP contribution in [0.3, 0.4) is 0 Å². The van der Waals surface area contributed by atoms with Gasteiger partial charge >= 0.3 is 0 Å². The molecule has 2 nitrogen and oxygen atoms in total. The lowest BCUT2D eigenvalue weighted by Gasteiger charge is -2.21. The van der Waals surface area contributed by atoms with Gasteiger partial charge < -0.3 is 22.0 Å². The van der Waals surface area contributed by atoms with E-state index in [9.17, 15) is 0 Å². The summed E-state index contributed by atoms with van der Waals surface area (Å²) in [4.78, 5) is 1.72. The van der Waals surface area contributed by atoms with Crippen molar-refractivity contribution in [3.05, 3.63) is 41.5 Å². The molecule has 2 aliphatic rings. The predicted molar refractivity (Wildman–Crippen MR) is 87.2 cm³/mol. The highest BCUT2D eigenvalue weighted by Crippen LogP contribution is 2.31. The fraction of sp³-hybridized carbons (Fsp3) is 0.579. The van der Waals surface area contributed by atoms with Crippen molar-refractivity contribution in [2.24, 2.45) is 0 Å². The Balaban J connectivity index is 0.00000176. The van der Waals surface area contributed by atoms with Crippen LogP contribution in [0.15, 0.2) is 35.9 Å². The zero-order valence-electron chi connectivity index (χ0n) is 13.5. The maximum atomic E-state index is 6.29. The van der Waals surface area contributed by atoms with E-state index in [2.05, 4.69) is 30.3 Å². The molecule has 0 bridgehead atoms. The van der Waals surface area contributed by atoms with E-state index < -0.39 is 0 Å². The number of halogens is 1. The van der Waals surface area contributed by atoms with Crippen molar-refractivity contribution in [3.63, 3.8) is 0 Å². The Morgan fingerprint density at radius 3 is 2.27 bits per heavy atom. The van der Waals surface area contributed by atoms with E-state index in [0.717, 1.165) is 13.2 Å². The molecule has 22 heavy (non-hydrogen) atoms. The van der Waals surface area contributed by atoms with E-state index in [1.165, 1.54) is 69.4 Å². The summed E-state index contributed by atoms with van der Waals surface area (Å²) in [5.74, 6) is 1.19. The second-order valence-corrected chi connectivity index (χ2v) is 6.41. The zero-order valence-corrected chi connectivity index (χ0v) is 14.2. The van der Waals surface area contributed by atoms with E-state index in [1.807, 2.05) is 0 Å². The van der Waals surface area contributed by atoms with Gasteiger partial charge in [-0.3, -0.25) is 0 Å². The molecule has 0 radical (unpaired) electrons. The second-order valence-electron chi connectivity index (χ2n) is 6.41. The number of hydrogen-bond acceptors (Lipinski definition) is 1. The van der Waals surface area contributed by atoms with Crippen LogP contribution in [0.5, 0.6) is 0 Å². The van der Waals surface area contributed by atoms with Crippen molar-refractivity contribution in [2.75, 3.05) is 26.2 Å². The highest BCUT2D eigenvalue weighted by molar-refractivity contribution is 5.63. The van der Waals surface area contributed by atoms with Crippen molar-refractivity contribution < 1.29 is 22.0 Å². The molecule has 1 heterocycles. The number of hydrogen-bond donors (Lipinski definition) is 1. The summed E-state index contributed by atoms with van der Waals surface area (Å²) in [5.41, 5.74) is 2.81. The van der Waals surface area contributed by atoms with E-state index in [0.29, 0.717) is 0 Å². The van der Waals surface area contributed by atoms with Crippen molar-refractivity contribution in [3.8, 4) is 0 Å². The quantitative estimate of drug-likeness (QED) is 0.757. The van der Waals surface area contributed by atoms with Crippen LogP contribution in [0.25, 0.3) is 5.76 Å². The summed E-state index contributed by atoms with van der Waals surface area (Å²) in [5, 5.41) is 0. The molecular weight excluding hydrogens is 294 g/mol. The van der Waals surface area contributed by atoms with Crippen molar-refractivity contribution in [2.45, 2.75) is 44.9 Å². The summed E-state index contributed by atoms with van der Waals surface area (Å²) in [6.07, 6.45) is 9.26. The lowest BCUT2D eigenvalue weighted by atomic mass is 9.92. The van der Waals surface area contributed by atoms with Gasteiger partial charge in [-0.2, -0.15) is 0 Å². The summed E-state index contributed by atoms with van der Waals surface area (Å²) in [7, 11) is 0. The van der Waals surface area contributed by atoms with Crippen LogP contribution in [0, 0.1) is 0 Å². The summed E-state index contributed by atoms with van der Waals surface area (Å²) in [6.45, 7) is 4.69. The van der Waals surface area contributed by atoms with Gasteiger partial charge in [-0.25, -0.2) is 0 Å². The molecular formula is C19H28ClNO. The molecule has 3 rings (SSSR count). The third-order valence-electron chi connectivity index (χ3n) is 4.83. The Morgan fingerprint density at radius 1 is 0.909 bits per heavy atom. The summed E-state index contributed by atoms with van der Waals surface area (Å²) in [6, 6.07) is 10.7. The Labute approximate surface area is 141 Å². The van der Waals surface area contributed by atoms with Crippen LogP contribution in [0.2, 0.25) is 0 Å². The van der Waals surface area contributed by atoms with Crippen LogP contribution in [0.4, 0.5) is 0 Å². The normalized spacial score (nSPS) is 18.8. The second kappa shape index (κ2) is 9.22. The standard InChI is InChI=1S/C19H27NO.ClH/c1-3-9-17(10-4-1)19(18-11-5-2-6-12-18)21-16-15-20-13-7-8-14-20;/h1,3-4,9-10H,2,5-8,11-16H2;1H. The van der Waals surface area contributed by atoms with Gasteiger partial charge in [0.2, 0.25) is 0 Å². The molecule has 0 aromatic heterocycles. The summed E-state index contributed by atoms with van der Waals surface area (Å²) < 4.78 is 6.29. The third-order valence-corrected chi connectivity index (χ3v) is 4.83. The molecule has 2 fully saturated rings. The lowest BCUT2D eigenvalue weighted by molar-refractivity contribution is -0.887. The minimum Gasteiger partial charge on any atom is -1.00 e. The van der Waals surface area contributed by atoms with E-state index in [1.54, 1.807) is 10.5 Å². The first-order valence-electron chi connectivity index (χ1n) is 8.67. The molecule has 1 aromatic carbocycles. The molecule has 1 saturated carbocycles. The van der Waals surface area contributed by atoms with Crippen molar-refractivity contribution in [1.82, 2.24) is 0 Å². The number of rotatable bonds is 5. The smallest absolute Gasteiger partial charge is 0.137 e. The van der Waals surface area contributed by atoms with Crippen molar-refractivity contribution in [1.29, 1.82) is 0 Å². The maximum Gasteiger partial charge on any atom is 0.137 e. The first-order valence-corrected chi connectivity index (χ1v) is 8.67. The number of nitrogens with one attached hydrogen (secondary N) is 1. The summed E-state index contributed by atoms with van der Waals surface area (Å²) >= 11 is 0. The fourth-order valence-corrected chi connectivity index (χ4v) is 3.61. The van der Waals surface area contributed by atoms with Gasteiger partial charge in [-0.15, -0.1) is 0 Å². The topological polar surface area (TPSA) is 13.7 Å². The monoisotopic (exact) mass is 321 g/mol. The molecule has 122 valence electrons. The van der Waals surface area contributed by atoms with Gasteiger partial charge in [0.15, 0.2) is 0 Å². The van der Waals surface area contributed by atoms with Crippen LogP contribution < -0.4 is 17.3 Å². The Kier molecular flexibility index (Phi) is 7.28. The molecule has 1 aromatic rings. The maximum absolute atomic E-state index is 6.29. The molecule has 1 saturated heterocycles. The fourth-order valence-electron chi connectivity index (χ4n) is 3.61. The minimum atomic E-state index is 0. The van der Waals surface area contributed by atoms with Gasteiger partial charge in [0.25, 0.3) is 0 Å². The number of quaternary nitrogens is 1. The number of likely N-dealkylation sites (tertiary alicyclic amines) is 1. The predicted octanol–water partition coefficient (Wildman–Crippen LogP) is 0.0611. The van der Waals surface area contributed by atoms with E-state index in [-0.39, 0.29) is 12.4 Å². The minimum absolute atomic E-state index is 0. The molecule has 0 spiro atoms. The molecule has 1 aliphatic heterocycles. The van der Waals surface area contributed by atoms with Gasteiger partial charge in [-0.1, -0.05) is 36.8 Å². The van der Waals surface area contributed by atoms with Crippen LogP contribution >= 0.6 is 0 Å². The van der Waals surface area contributed by atoms with E-state index >= 15 is 0 Å². The number of allylic oxidation sites excluding steroid dienone is 1. The largest absolute Gasteiger partial charge is 1.00 e. The van der Waals surface area contributed by atoms with Crippen LogP contribution in [0.1, 0.15) is 50.5 Å². The molecule has 1 N–H and O–H groups in total. The number of ether oxygens (including phenoxy) is 1. The molecule has 0 amide bonds. The van der Waals surface area contributed by atoms with Crippen molar-refractivity contribution >= 4 is 5.76 Å². The zero-order chi connectivity index (χ0) is 14.3. The average Bonchev–Trinajstić information content (AvgIpc) is 3.07. The molecule has 3 heteroatoms. The van der Waals surface area contributed by atoms with Crippen LogP contribution in [-0.2, 0) is 4.74 Å². The first kappa shape index (κ1) is 17.4. The molecule has 0 atom stereocenters. The average molecular weight is 322 g/mol. The molecule has 1 aliphatic carbocycles. The van der Waals surface area contributed by atoms with Gasteiger partial charge in [-0.05, 0) is 31.3 Å². The van der Waals surface area contributed by atoms with Gasteiger partial charge in [0, 0.05) is 18.4 Å². The highest BCUT2D eigenvalue weighted by atomic mass is 35.5. The Morgan fingerprint density at radius 2 is 1.59 bits per heavy atom. The SMILES string of the molecule is [Cl-].c1ccc(C(OCC[NH+]2CCCC2)=C2CCCCC2)cc1.